The molecule has 0 bridgehead atoms. The van der Waals surface area contributed by atoms with Gasteiger partial charge in [0.05, 0.1) is 30.9 Å². The monoisotopic (exact) mass is 544 g/mol. The molecule has 38 heavy (non-hydrogen) atoms. The third kappa shape index (κ3) is 7.61. The van der Waals surface area contributed by atoms with E-state index >= 15 is 0 Å². The molecule has 0 aromatic heterocycles. The summed E-state index contributed by atoms with van der Waals surface area (Å²) < 4.78 is 57.7. The molecule has 0 radical (unpaired) electrons. The van der Waals surface area contributed by atoms with Crippen LogP contribution < -0.4 is 23.8 Å². The van der Waals surface area contributed by atoms with Gasteiger partial charge in [-0.1, -0.05) is 12.1 Å². The molecule has 0 spiro atoms. The zero-order valence-corrected chi connectivity index (χ0v) is 22.8. The van der Waals surface area contributed by atoms with Crippen molar-refractivity contribution in [3.8, 4) is 17.2 Å². The van der Waals surface area contributed by atoms with Gasteiger partial charge in [0.2, 0.25) is 5.91 Å². The van der Waals surface area contributed by atoms with Crippen LogP contribution in [0.25, 0.3) is 0 Å². The number of nitrogens with zero attached hydrogens (tertiary/aromatic N) is 1. The van der Waals surface area contributed by atoms with Crippen LogP contribution in [0.2, 0.25) is 0 Å². The Morgan fingerprint density at radius 3 is 2.21 bits per heavy atom. The smallest absolute Gasteiger partial charge is 0.264 e. The molecule has 0 aliphatic carbocycles. The summed E-state index contributed by atoms with van der Waals surface area (Å²) in [5.41, 5.74) is 1.25. The van der Waals surface area contributed by atoms with Crippen molar-refractivity contribution in [2.75, 3.05) is 31.6 Å². The van der Waals surface area contributed by atoms with Gasteiger partial charge >= 0.3 is 0 Å². The topological polar surface area (TPSA) is 94.2 Å². The summed E-state index contributed by atoms with van der Waals surface area (Å²) >= 11 is 0. The summed E-state index contributed by atoms with van der Waals surface area (Å²) in [5, 5.41) is 2.78. The lowest BCUT2D eigenvalue weighted by Gasteiger charge is -2.24. The second-order valence-electron chi connectivity index (χ2n) is 8.77. The molecule has 0 aliphatic rings. The highest BCUT2D eigenvalue weighted by atomic mass is 32.2. The molecule has 3 aromatic rings. The Morgan fingerprint density at radius 2 is 1.61 bits per heavy atom. The first-order valence-corrected chi connectivity index (χ1v) is 13.6. The molecular weight excluding hydrogens is 511 g/mol. The van der Waals surface area contributed by atoms with Gasteiger partial charge < -0.3 is 19.5 Å². The molecule has 0 aliphatic heterocycles. The molecule has 0 saturated carbocycles. The molecule has 1 amide bonds. The van der Waals surface area contributed by atoms with Crippen molar-refractivity contribution in [2.24, 2.45) is 0 Å². The minimum absolute atomic E-state index is 0.0982. The van der Waals surface area contributed by atoms with E-state index in [1.807, 2.05) is 38.1 Å². The lowest BCUT2D eigenvalue weighted by atomic mass is 10.1. The number of amides is 1. The highest BCUT2D eigenvalue weighted by molar-refractivity contribution is 7.92. The summed E-state index contributed by atoms with van der Waals surface area (Å²) in [7, 11) is -1.37. The van der Waals surface area contributed by atoms with Crippen molar-refractivity contribution in [2.45, 2.75) is 37.7 Å². The lowest BCUT2D eigenvalue weighted by Crippen LogP contribution is -2.41. The molecule has 0 fully saturated rings. The van der Waals surface area contributed by atoms with Crippen LogP contribution in [0.15, 0.2) is 71.6 Å². The van der Waals surface area contributed by atoms with E-state index in [-0.39, 0.29) is 22.4 Å². The summed E-state index contributed by atoms with van der Waals surface area (Å²) in [6.45, 7) is 3.81. The van der Waals surface area contributed by atoms with Crippen molar-refractivity contribution in [1.29, 1.82) is 0 Å². The van der Waals surface area contributed by atoms with E-state index in [0.717, 1.165) is 34.2 Å². The SMILES string of the molecule is COc1ccc(S(=O)(=O)N(CC(=O)NCCCc2ccc(OC(C)C)cc2)c2ccc(F)cc2)cc1OC. The largest absolute Gasteiger partial charge is 0.493 e. The first-order valence-electron chi connectivity index (χ1n) is 12.2. The number of methoxy groups -OCH3 is 2. The highest BCUT2D eigenvalue weighted by Crippen LogP contribution is 2.32. The number of halogens is 1. The van der Waals surface area contributed by atoms with E-state index in [0.29, 0.717) is 18.7 Å². The second-order valence-corrected chi connectivity index (χ2v) is 10.6. The summed E-state index contributed by atoms with van der Waals surface area (Å²) in [6, 6.07) is 16.8. The zero-order valence-electron chi connectivity index (χ0n) is 21.9. The van der Waals surface area contributed by atoms with Crippen LogP contribution in [-0.4, -0.2) is 47.7 Å². The van der Waals surface area contributed by atoms with E-state index in [1.54, 1.807) is 0 Å². The number of carbonyl (C=O) groups is 1. The molecule has 0 unspecified atom stereocenters. The molecule has 3 rings (SSSR count). The summed E-state index contributed by atoms with van der Waals surface area (Å²) in [5.74, 6) is 0.374. The minimum atomic E-state index is -4.20. The average molecular weight is 545 g/mol. The van der Waals surface area contributed by atoms with E-state index in [4.69, 9.17) is 14.2 Å². The predicted molar refractivity (Wildman–Crippen MR) is 144 cm³/mol. The predicted octanol–water partition coefficient (Wildman–Crippen LogP) is 4.57. The minimum Gasteiger partial charge on any atom is -0.493 e. The van der Waals surface area contributed by atoms with E-state index in [2.05, 4.69) is 5.32 Å². The summed E-state index contributed by atoms with van der Waals surface area (Å²) in [4.78, 5) is 12.7. The molecule has 0 saturated heterocycles. The maximum absolute atomic E-state index is 13.6. The Hall–Kier alpha value is -3.79. The first kappa shape index (κ1) is 28.8. The number of benzene rings is 3. The first-order chi connectivity index (χ1) is 18.1. The number of hydrogen-bond donors (Lipinski definition) is 1. The van der Waals surface area contributed by atoms with Gasteiger partial charge in [0, 0.05) is 12.6 Å². The average Bonchev–Trinajstić information content (AvgIpc) is 2.90. The van der Waals surface area contributed by atoms with E-state index in [1.165, 1.54) is 44.6 Å². The van der Waals surface area contributed by atoms with Crippen molar-refractivity contribution in [3.05, 3.63) is 78.1 Å². The number of sulfonamides is 1. The lowest BCUT2D eigenvalue weighted by molar-refractivity contribution is -0.119. The quantitative estimate of drug-likeness (QED) is 0.317. The van der Waals surface area contributed by atoms with Crippen LogP contribution in [0.4, 0.5) is 10.1 Å². The Bertz CT molecular complexity index is 1310. The van der Waals surface area contributed by atoms with Crippen LogP contribution in [0, 0.1) is 5.82 Å². The van der Waals surface area contributed by atoms with Crippen LogP contribution in [-0.2, 0) is 21.2 Å². The fourth-order valence-corrected chi connectivity index (χ4v) is 5.18. The van der Waals surface area contributed by atoms with Gasteiger partial charge in [0.15, 0.2) is 11.5 Å². The van der Waals surface area contributed by atoms with E-state index < -0.39 is 28.3 Å². The number of carbonyl (C=O) groups excluding carboxylic acids is 1. The van der Waals surface area contributed by atoms with Gasteiger partial charge in [0.1, 0.15) is 18.1 Å². The molecule has 0 heterocycles. The fraction of sp³-hybridized carbons (Fsp3) is 0.321. The van der Waals surface area contributed by atoms with Crippen molar-refractivity contribution < 1.29 is 31.8 Å². The van der Waals surface area contributed by atoms with Gasteiger partial charge in [-0.2, -0.15) is 0 Å². The molecule has 204 valence electrons. The Labute approximate surface area is 223 Å². The summed E-state index contributed by atoms with van der Waals surface area (Å²) in [6.07, 6.45) is 1.49. The van der Waals surface area contributed by atoms with Gasteiger partial charge in [-0.3, -0.25) is 9.10 Å². The van der Waals surface area contributed by atoms with Crippen molar-refractivity contribution in [3.63, 3.8) is 0 Å². The van der Waals surface area contributed by atoms with Crippen molar-refractivity contribution in [1.82, 2.24) is 5.32 Å². The fourth-order valence-electron chi connectivity index (χ4n) is 3.74. The maximum atomic E-state index is 13.6. The molecule has 10 heteroatoms. The number of rotatable bonds is 13. The van der Waals surface area contributed by atoms with E-state index in [9.17, 15) is 17.6 Å². The number of hydrogen-bond acceptors (Lipinski definition) is 6. The number of nitrogens with one attached hydrogen (secondary N) is 1. The number of aryl methyl sites for hydroxylation is 1. The third-order valence-electron chi connectivity index (χ3n) is 5.60. The Kier molecular flexibility index (Phi) is 9.95. The van der Waals surface area contributed by atoms with Gasteiger partial charge in [-0.25, -0.2) is 12.8 Å². The van der Waals surface area contributed by atoms with Crippen molar-refractivity contribution >= 4 is 21.6 Å². The Balaban J connectivity index is 1.69. The van der Waals surface area contributed by atoms with Crippen LogP contribution in [0.5, 0.6) is 17.2 Å². The normalized spacial score (nSPS) is 11.2. The maximum Gasteiger partial charge on any atom is 0.264 e. The Morgan fingerprint density at radius 1 is 0.947 bits per heavy atom. The van der Waals surface area contributed by atoms with Crippen LogP contribution in [0.1, 0.15) is 25.8 Å². The number of anilines is 1. The van der Waals surface area contributed by atoms with Gasteiger partial charge in [0.25, 0.3) is 10.0 Å². The highest BCUT2D eigenvalue weighted by Gasteiger charge is 2.28. The van der Waals surface area contributed by atoms with Crippen LogP contribution >= 0.6 is 0 Å². The third-order valence-corrected chi connectivity index (χ3v) is 7.37. The molecule has 3 aromatic carbocycles. The standard InChI is InChI=1S/C28H33FN2O6S/c1-20(2)37-24-13-7-21(8-14-24)6-5-17-30-28(32)19-31(23-11-9-22(29)10-12-23)38(33,34)25-15-16-26(35-3)27(18-25)36-4/h7-16,18,20H,5-6,17,19H2,1-4H3,(H,30,32). The zero-order chi connectivity index (χ0) is 27.7. The molecular formula is C28H33FN2O6S. The molecule has 0 atom stereocenters. The number of ether oxygens (including phenoxy) is 3. The van der Waals surface area contributed by atoms with Crippen LogP contribution in [0.3, 0.4) is 0 Å². The molecule has 1 N–H and O–H groups in total. The van der Waals surface area contributed by atoms with Gasteiger partial charge in [-0.05, 0) is 80.8 Å². The molecule has 8 nitrogen and oxygen atoms in total. The van der Waals surface area contributed by atoms with Gasteiger partial charge in [-0.15, -0.1) is 0 Å². The second kappa shape index (κ2) is 13.1.